The molecular weight excluding hydrogens is 310 g/mol. The first-order chi connectivity index (χ1) is 10.6. The van der Waals surface area contributed by atoms with Crippen LogP contribution in [0.3, 0.4) is 0 Å². The maximum Gasteiger partial charge on any atom is 0.307 e. The SMILES string of the molecule is CCOC(=O)CCN(CCO)C(=O)COc1ccccc1Cl. The minimum Gasteiger partial charge on any atom is -0.482 e. The Kier molecular flexibility index (Phi) is 8.32. The van der Waals surface area contributed by atoms with Crippen LogP contribution < -0.4 is 4.74 Å². The Morgan fingerprint density at radius 2 is 2.00 bits per heavy atom. The molecule has 1 aromatic carbocycles. The Labute approximate surface area is 134 Å². The number of carbonyl (C=O) groups excluding carboxylic acids is 2. The van der Waals surface area contributed by atoms with Crippen molar-refractivity contribution in [3.8, 4) is 5.75 Å². The van der Waals surface area contributed by atoms with Crippen molar-refractivity contribution in [2.45, 2.75) is 13.3 Å². The summed E-state index contributed by atoms with van der Waals surface area (Å²) in [4.78, 5) is 24.8. The molecule has 122 valence electrons. The van der Waals surface area contributed by atoms with Gasteiger partial charge in [-0.15, -0.1) is 0 Å². The largest absolute Gasteiger partial charge is 0.482 e. The van der Waals surface area contributed by atoms with Crippen LogP contribution in [0.4, 0.5) is 0 Å². The fraction of sp³-hybridized carbons (Fsp3) is 0.467. The first-order valence-corrected chi connectivity index (χ1v) is 7.37. The van der Waals surface area contributed by atoms with E-state index in [1.54, 1.807) is 31.2 Å². The second-order valence-corrected chi connectivity index (χ2v) is 4.79. The summed E-state index contributed by atoms with van der Waals surface area (Å²) in [6.07, 6.45) is 0.0751. The Hall–Kier alpha value is -1.79. The number of amides is 1. The topological polar surface area (TPSA) is 76.1 Å². The molecular formula is C15H20ClNO5. The van der Waals surface area contributed by atoms with Crippen LogP contribution >= 0.6 is 11.6 Å². The fourth-order valence-electron chi connectivity index (χ4n) is 1.73. The van der Waals surface area contributed by atoms with Gasteiger partial charge >= 0.3 is 5.97 Å². The average Bonchev–Trinajstić information content (AvgIpc) is 2.50. The van der Waals surface area contributed by atoms with Gasteiger partial charge in [0, 0.05) is 13.1 Å². The zero-order valence-corrected chi connectivity index (χ0v) is 13.2. The molecule has 1 amide bonds. The summed E-state index contributed by atoms with van der Waals surface area (Å²) in [5.41, 5.74) is 0. The van der Waals surface area contributed by atoms with Crippen LogP contribution in [0.2, 0.25) is 5.02 Å². The second kappa shape index (κ2) is 10.0. The number of nitrogens with zero attached hydrogens (tertiary/aromatic N) is 1. The highest BCUT2D eigenvalue weighted by Gasteiger charge is 2.16. The average molecular weight is 330 g/mol. The van der Waals surface area contributed by atoms with Crippen molar-refractivity contribution in [3.63, 3.8) is 0 Å². The second-order valence-electron chi connectivity index (χ2n) is 4.38. The number of carbonyl (C=O) groups is 2. The van der Waals surface area contributed by atoms with Gasteiger partial charge in [0.15, 0.2) is 6.61 Å². The van der Waals surface area contributed by atoms with Gasteiger partial charge in [0.1, 0.15) is 5.75 Å². The molecule has 22 heavy (non-hydrogen) atoms. The van der Waals surface area contributed by atoms with Crippen LogP contribution in [-0.2, 0) is 14.3 Å². The molecule has 7 heteroatoms. The number of rotatable bonds is 9. The van der Waals surface area contributed by atoms with E-state index in [0.29, 0.717) is 17.4 Å². The van der Waals surface area contributed by atoms with E-state index in [1.165, 1.54) is 4.90 Å². The Morgan fingerprint density at radius 3 is 2.64 bits per heavy atom. The number of benzene rings is 1. The van der Waals surface area contributed by atoms with Crippen molar-refractivity contribution in [3.05, 3.63) is 29.3 Å². The maximum absolute atomic E-state index is 12.1. The minimum absolute atomic E-state index is 0.0751. The number of halogens is 1. The number of aliphatic hydroxyl groups excluding tert-OH is 1. The van der Waals surface area contributed by atoms with Gasteiger partial charge in [0.05, 0.1) is 24.7 Å². The predicted molar refractivity (Wildman–Crippen MR) is 81.9 cm³/mol. The Morgan fingerprint density at radius 1 is 1.27 bits per heavy atom. The van der Waals surface area contributed by atoms with Crippen LogP contribution in [0.5, 0.6) is 5.75 Å². The molecule has 0 aliphatic rings. The van der Waals surface area contributed by atoms with Gasteiger partial charge in [0.25, 0.3) is 5.91 Å². The molecule has 1 rings (SSSR count). The standard InChI is InChI=1S/C15H20ClNO5/c1-2-21-15(20)7-8-17(9-10-18)14(19)11-22-13-6-4-3-5-12(13)16/h3-6,18H,2,7-11H2,1H3. The maximum atomic E-state index is 12.1. The molecule has 0 bridgehead atoms. The third-order valence-electron chi connectivity index (χ3n) is 2.80. The molecule has 0 aliphatic heterocycles. The molecule has 0 atom stereocenters. The molecule has 0 aliphatic carbocycles. The number of aliphatic hydroxyl groups is 1. The molecule has 1 N–H and O–H groups in total. The van der Waals surface area contributed by atoms with Crippen LogP contribution in [0.25, 0.3) is 0 Å². The molecule has 0 aromatic heterocycles. The summed E-state index contributed by atoms with van der Waals surface area (Å²) >= 11 is 5.93. The normalized spacial score (nSPS) is 10.1. The number of esters is 1. The van der Waals surface area contributed by atoms with Crippen molar-refractivity contribution in [2.75, 3.05) is 32.9 Å². The number of ether oxygens (including phenoxy) is 2. The third kappa shape index (κ3) is 6.32. The molecule has 0 radical (unpaired) electrons. The van der Waals surface area contributed by atoms with Crippen molar-refractivity contribution < 1.29 is 24.2 Å². The zero-order chi connectivity index (χ0) is 16.4. The van der Waals surface area contributed by atoms with E-state index in [-0.39, 0.29) is 44.6 Å². The van der Waals surface area contributed by atoms with Gasteiger partial charge in [-0.2, -0.15) is 0 Å². The van der Waals surface area contributed by atoms with E-state index in [1.807, 2.05) is 0 Å². The van der Waals surface area contributed by atoms with Gasteiger partial charge in [0.2, 0.25) is 0 Å². The summed E-state index contributed by atoms with van der Waals surface area (Å²) in [6, 6.07) is 6.82. The molecule has 0 saturated heterocycles. The van der Waals surface area contributed by atoms with Gasteiger partial charge < -0.3 is 19.5 Å². The lowest BCUT2D eigenvalue weighted by molar-refractivity contribution is -0.144. The van der Waals surface area contributed by atoms with Crippen molar-refractivity contribution in [2.24, 2.45) is 0 Å². The number of para-hydroxylation sites is 1. The number of hydrogen-bond donors (Lipinski definition) is 1. The summed E-state index contributed by atoms with van der Waals surface area (Å²) in [7, 11) is 0. The van der Waals surface area contributed by atoms with E-state index in [2.05, 4.69) is 0 Å². The van der Waals surface area contributed by atoms with E-state index >= 15 is 0 Å². The Bertz CT molecular complexity index is 495. The van der Waals surface area contributed by atoms with Crippen molar-refractivity contribution in [1.82, 2.24) is 4.90 Å². The molecule has 1 aromatic rings. The van der Waals surface area contributed by atoms with E-state index < -0.39 is 0 Å². The van der Waals surface area contributed by atoms with E-state index in [0.717, 1.165) is 0 Å². The lowest BCUT2D eigenvalue weighted by Crippen LogP contribution is -2.38. The highest BCUT2D eigenvalue weighted by Crippen LogP contribution is 2.22. The molecule has 0 fully saturated rings. The third-order valence-corrected chi connectivity index (χ3v) is 3.11. The summed E-state index contributed by atoms with van der Waals surface area (Å²) in [5, 5.41) is 9.42. The van der Waals surface area contributed by atoms with Crippen LogP contribution in [0.1, 0.15) is 13.3 Å². The van der Waals surface area contributed by atoms with Crippen LogP contribution in [0.15, 0.2) is 24.3 Å². The van der Waals surface area contributed by atoms with Crippen molar-refractivity contribution >= 4 is 23.5 Å². The molecule has 0 spiro atoms. The smallest absolute Gasteiger partial charge is 0.307 e. The highest BCUT2D eigenvalue weighted by atomic mass is 35.5. The lowest BCUT2D eigenvalue weighted by Gasteiger charge is -2.21. The van der Waals surface area contributed by atoms with Gasteiger partial charge in [-0.25, -0.2) is 0 Å². The quantitative estimate of drug-likeness (QED) is 0.695. The molecule has 6 nitrogen and oxygen atoms in total. The Balaban J connectivity index is 2.50. The summed E-state index contributed by atoms with van der Waals surface area (Å²) in [5.74, 6) is -0.310. The predicted octanol–water partition coefficient (Wildman–Crippen LogP) is 1.49. The van der Waals surface area contributed by atoms with Gasteiger partial charge in [-0.3, -0.25) is 9.59 Å². The lowest BCUT2D eigenvalue weighted by atomic mass is 10.3. The van der Waals surface area contributed by atoms with Crippen molar-refractivity contribution in [1.29, 1.82) is 0 Å². The molecule has 0 saturated carbocycles. The van der Waals surface area contributed by atoms with Crippen LogP contribution in [0, 0.1) is 0 Å². The first kappa shape index (κ1) is 18.3. The summed E-state index contributed by atoms with van der Waals surface area (Å²) < 4.78 is 10.2. The van der Waals surface area contributed by atoms with E-state index in [4.69, 9.17) is 26.2 Å². The van der Waals surface area contributed by atoms with Crippen LogP contribution in [-0.4, -0.2) is 54.8 Å². The minimum atomic E-state index is -0.384. The molecule has 0 unspecified atom stereocenters. The molecule has 0 heterocycles. The van der Waals surface area contributed by atoms with Gasteiger partial charge in [-0.1, -0.05) is 23.7 Å². The monoisotopic (exact) mass is 329 g/mol. The number of hydrogen-bond acceptors (Lipinski definition) is 5. The first-order valence-electron chi connectivity index (χ1n) is 7.00. The zero-order valence-electron chi connectivity index (χ0n) is 12.5. The van der Waals surface area contributed by atoms with E-state index in [9.17, 15) is 9.59 Å². The fourth-order valence-corrected chi connectivity index (χ4v) is 1.92. The highest BCUT2D eigenvalue weighted by molar-refractivity contribution is 6.32. The van der Waals surface area contributed by atoms with Gasteiger partial charge in [-0.05, 0) is 19.1 Å². The summed E-state index contributed by atoms with van der Waals surface area (Å²) in [6.45, 7) is 1.90.